The number of hydrogen-bond donors (Lipinski definition) is 1. The van der Waals surface area contributed by atoms with Crippen LogP contribution in [0.2, 0.25) is 0 Å². The Morgan fingerprint density at radius 3 is 2.38 bits per heavy atom. The van der Waals surface area contributed by atoms with E-state index in [9.17, 15) is 9.59 Å². The third kappa shape index (κ3) is 3.24. The topological polar surface area (TPSA) is 93.0 Å². The van der Waals surface area contributed by atoms with Crippen molar-refractivity contribution in [2.75, 3.05) is 5.32 Å². The van der Waals surface area contributed by atoms with E-state index in [0.29, 0.717) is 12.8 Å². The van der Waals surface area contributed by atoms with E-state index in [-0.39, 0.29) is 23.9 Å². The highest BCUT2D eigenvalue weighted by atomic mass is 16.2. The molecule has 1 aliphatic carbocycles. The fourth-order valence-corrected chi connectivity index (χ4v) is 4.39. The summed E-state index contributed by atoms with van der Waals surface area (Å²) in [6, 6.07) is 10.2. The maximum Gasteiger partial charge on any atom is 0.229 e. The summed E-state index contributed by atoms with van der Waals surface area (Å²) in [5.74, 6) is 0.739. The molecule has 0 bridgehead atoms. The smallest absolute Gasteiger partial charge is 0.229 e. The number of nitrogens with zero attached hydrogens (tertiary/aromatic N) is 5. The Labute approximate surface area is 167 Å². The van der Waals surface area contributed by atoms with Gasteiger partial charge in [0, 0.05) is 24.9 Å². The number of anilines is 1. The first-order chi connectivity index (χ1) is 14.2. The number of rotatable bonds is 4. The maximum absolute atomic E-state index is 12.0. The number of hydrogen-bond acceptors (Lipinski definition) is 6. The molecule has 29 heavy (non-hydrogen) atoms. The van der Waals surface area contributed by atoms with E-state index in [1.165, 1.54) is 4.90 Å². The van der Waals surface area contributed by atoms with Crippen molar-refractivity contribution in [1.29, 1.82) is 0 Å². The second kappa shape index (κ2) is 7.27. The second-order valence-corrected chi connectivity index (χ2v) is 7.66. The molecule has 3 aromatic rings. The Balaban J connectivity index is 1.31. The van der Waals surface area contributed by atoms with Crippen LogP contribution >= 0.6 is 0 Å². The number of carbonyl (C=O) groups excluding carboxylic acids is 2. The molecule has 3 heterocycles. The highest BCUT2D eigenvalue weighted by Crippen LogP contribution is 2.30. The Morgan fingerprint density at radius 1 is 0.931 bits per heavy atom. The van der Waals surface area contributed by atoms with Gasteiger partial charge in [-0.3, -0.25) is 14.5 Å². The van der Waals surface area contributed by atoms with Crippen LogP contribution in [-0.2, 0) is 9.59 Å². The van der Waals surface area contributed by atoms with Gasteiger partial charge in [0.05, 0.1) is 17.3 Å². The van der Waals surface area contributed by atoms with Crippen molar-refractivity contribution in [2.24, 2.45) is 0 Å². The Morgan fingerprint density at radius 2 is 1.66 bits per heavy atom. The third-order valence-corrected chi connectivity index (χ3v) is 5.86. The molecule has 0 unspecified atom stereocenters. The van der Waals surface area contributed by atoms with Crippen LogP contribution < -0.4 is 5.32 Å². The Bertz CT molecular complexity index is 1040. The average Bonchev–Trinajstić information content (AvgIpc) is 3.33. The predicted molar refractivity (Wildman–Crippen MR) is 107 cm³/mol. The molecule has 2 aliphatic rings. The molecule has 1 aromatic carbocycles. The lowest BCUT2D eigenvalue weighted by molar-refractivity contribution is -0.141. The molecule has 2 fully saturated rings. The number of nitrogens with one attached hydrogen (secondary N) is 1. The fourth-order valence-electron chi connectivity index (χ4n) is 4.39. The van der Waals surface area contributed by atoms with E-state index in [4.69, 9.17) is 0 Å². The van der Waals surface area contributed by atoms with E-state index in [2.05, 4.69) is 20.4 Å². The van der Waals surface area contributed by atoms with E-state index in [0.717, 1.165) is 48.2 Å². The first-order valence-electron chi connectivity index (χ1n) is 10.1. The third-order valence-electron chi connectivity index (χ3n) is 5.86. The summed E-state index contributed by atoms with van der Waals surface area (Å²) < 4.78 is 1.81. The van der Waals surface area contributed by atoms with Gasteiger partial charge in [0.2, 0.25) is 11.8 Å². The number of fused-ring (bicyclic) bond motifs is 1. The van der Waals surface area contributed by atoms with E-state index in [1.54, 1.807) is 12.5 Å². The SMILES string of the molecule is O=C1CCC(=O)N1C1CCC(Nc2ncnc3c2cnn3-c2ccccc2)CC1. The first-order valence-corrected chi connectivity index (χ1v) is 10.1. The standard InChI is InChI=1S/C21H22N6O2/c28-18-10-11-19(29)26(18)15-8-6-14(7-9-15)25-20-17-12-24-27(21(17)23-13-22-20)16-4-2-1-3-5-16/h1-5,12-15H,6-11H2,(H,22,23,25). The lowest BCUT2D eigenvalue weighted by Gasteiger charge is -2.34. The number of amides is 2. The second-order valence-electron chi connectivity index (χ2n) is 7.66. The molecule has 1 N–H and O–H groups in total. The molecule has 5 rings (SSSR count). The summed E-state index contributed by atoms with van der Waals surface area (Å²) in [5.41, 5.74) is 1.71. The van der Waals surface area contributed by atoms with Crippen molar-refractivity contribution in [1.82, 2.24) is 24.6 Å². The minimum absolute atomic E-state index is 0.0164. The summed E-state index contributed by atoms with van der Waals surface area (Å²) >= 11 is 0. The summed E-state index contributed by atoms with van der Waals surface area (Å²) in [6.45, 7) is 0. The van der Waals surface area contributed by atoms with Gasteiger partial charge >= 0.3 is 0 Å². The number of carbonyl (C=O) groups is 2. The normalized spacial score (nSPS) is 22.4. The van der Waals surface area contributed by atoms with E-state index < -0.39 is 0 Å². The average molecular weight is 390 g/mol. The van der Waals surface area contributed by atoms with Crippen LogP contribution in [0.3, 0.4) is 0 Å². The molecule has 1 saturated carbocycles. The van der Waals surface area contributed by atoms with E-state index >= 15 is 0 Å². The summed E-state index contributed by atoms with van der Waals surface area (Å²) in [6.07, 6.45) is 7.50. The number of imide groups is 1. The summed E-state index contributed by atoms with van der Waals surface area (Å²) in [5, 5.41) is 8.90. The van der Waals surface area contributed by atoms with Gasteiger partial charge in [0.25, 0.3) is 0 Å². The van der Waals surface area contributed by atoms with Crippen LogP contribution in [0.4, 0.5) is 5.82 Å². The Hall–Kier alpha value is -3.29. The summed E-state index contributed by atoms with van der Waals surface area (Å²) in [4.78, 5) is 34.3. The van der Waals surface area contributed by atoms with Gasteiger partial charge in [-0.25, -0.2) is 14.6 Å². The van der Waals surface area contributed by atoms with Gasteiger partial charge in [-0.2, -0.15) is 5.10 Å². The van der Waals surface area contributed by atoms with Crippen LogP contribution in [0.1, 0.15) is 38.5 Å². The van der Waals surface area contributed by atoms with Crippen LogP contribution in [-0.4, -0.2) is 48.5 Å². The minimum atomic E-state index is -0.0164. The predicted octanol–water partition coefficient (Wildman–Crippen LogP) is 2.69. The number of likely N-dealkylation sites (tertiary alicyclic amines) is 1. The highest BCUT2D eigenvalue weighted by Gasteiger charge is 2.36. The van der Waals surface area contributed by atoms with Gasteiger partial charge in [0.1, 0.15) is 12.1 Å². The van der Waals surface area contributed by atoms with Gasteiger partial charge in [-0.15, -0.1) is 0 Å². The molecule has 8 nitrogen and oxygen atoms in total. The fraction of sp³-hybridized carbons (Fsp3) is 0.381. The molecule has 8 heteroatoms. The molecule has 2 aromatic heterocycles. The monoisotopic (exact) mass is 390 g/mol. The number of aromatic nitrogens is 4. The van der Waals surface area contributed by atoms with Gasteiger partial charge in [-0.1, -0.05) is 18.2 Å². The molecule has 148 valence electrons. The summed E-state index contributed by atoms with van der Waals surface area (Å²) in [7, 11) is 0. The molecule has 1 aliphatic heterocycles. The minimum Gasteiger partial charge on any atom is -0.367 e. The quantitative estimate of drug-likeness (QED) is 0.689. The van der Waals surface area contributed by atoms with Crippen molar-refractivity contribution in [3.05, 3.63) is 42.9 Å². The van der Waals surface area contributed by atoms with Crippen LogP contribution in [0.15, 0.2) is 42.9 Å². The zero-order chi connectivity index (χ0) is 19.8. The molecular formula is C21H22N6O2. The Kier molecular flexibility index (Phi) is 4.46. The van der Waals surface area contributed by atoms with Crippen molar-refractivity contribution < 1.29 is 9.59 Å². The van der Waals surface area contributed by atoms with Crippen molar-refractivity contribution in [3.63, 3.8) is 0 Å². The van der Waals surface area contributed by atoms with Crippen LogP contribution in [0, 0.1) is 0 Å². The molecule has 0 atom stereocenters. The zero-order valence-electron chi connectivity index (χ0n) is 16.0. The molecular weight excluding hydrogens is 368 g/mol. The highest BCUT2D eigenvalue weighted by molar-refractivity contribution is 6.02. The van der Waals surface area contributed by atoms with Crippen molar-refractivity contribution in [3.8, 4) is 5.69 Å². The van der Waals surface area contributed by atoms with Crippen LogP contribution in [0.5, 0.6) is 0 Å². The van der Waals surface area contributed by atoms with Gasteiger partial charge in [-0.05, 0) is 37.8 Å². The first kappa shape index (κ1) is 17.8. The largest absolute Gasteiger partial charge is 0.367 e. The van der Waals surface area contributed by atoms with Gasteiger partial charge < -0.3 is 5.32 Å². The number of benzene rings is 1. The molecule has 0 spiro atoms. The van der Waals surface area contributed by atoms with E-state index in [1.807, 2.05) is 35.0 Å². The lowest BCUT2D eigenvalue weighted by Crippen LogP contribution is -2.43. The molecule has 0 radical (unpaired) electrons. The van der Waals surface area contributed by atoms with Gasteiger partial charge in [0.15, 0.2) is 5.65 Å². The van der Waals surface area contributed by atoms with Crippen LogP contribution in [0.25, 0.3) is 16.7 Å². The van der Waals surface area contributed by atoms with Crippen molar-refractivity contribution in [2.45, 2.75) is 50.6 Å². The lowest BCUT2D eigenvalue weighted by atomic mass is 9.90. The molecule has 2 amide bonds. The zero-order valence-corrected chi connectivity index (χ0v) is 16.0. The maximum atomic E-state index is 12.0. The van der Waals surface area contributed by atoms with Crippen molar-refractivity contribution >= 4 is 28.7 Å². The number of para-hydroxylation sites is 1. The molecule has 1 saturated heterocycles.